The predicted molar refractivity (Wildman–Crippen MR) is 164 cm³/mol. The molecule has 0 heterocycles. The molecule has 0 fully saturated rings. The summed E-state index contributed by atoms with van der Waals surface area (Å²) in [5.41, 5.74) is 1.54. The number of hydrogen-bond acceptors (Lipinski definition) is 6. The summed E-state index contributed by atoms with van der Waals surface area (Å²) in [5.74, 6) is -0.635. The second-order valence-electron chi connectivity index (χ2n) is 11.0. The van der Waals surface area contributed by atoms with E-state index in [1.54, 1.807) is 24.3 Å². The molecule has 41 heavy (non-hydrogen) atoms. The second kappa shape index (κ2) is 14.6. The first-order chi connectivity index (χ1) is 19.3. The first kappa shape index (κ1) is 32.3. The molecule has 2 amide bonds. The van der Waals surface area contributed by atoms with Gasteiger partial charge in [0.15, 0.2) is 0 Å². The van der Waals surface area contributed by atoms with Gasteiger partial charge in [-0.05, 0) is 56.5 Å². The summed E-state index contributed by atoms with van der Waals surface area (Å²) in [6.07, 6.45) is 0.357. The van der Waals surface area contributed by atoms with Gasteiger partial charge in [-0.15, -0.1) is 11.8 Å². The molecule has 3 atom stereocenters. The summed E-state index contributed by atoms with van der Waals surface area (Å²) in [6, 6.07) is 24.0. The van der Waals surface area contributed by atoms with E-state index in [1.807, 2.05) is 81.4 Å². The molecule has 220 valence electrons. The van der Waals surface area contributed by atoms with Crippen LogP contribution < -0.4 is 15.4 Å². The molecule has 3 aromatic rings. The summed E-state index contributed by atoms with van der Waals surface area (Å²) >= 11 is 1.35. The molecular weight excluding hydrogens is 558 g/mol. The van der Waals surface area contributed by atoms with Crippen molar-refractivity contribution in [3.05, 3.63) is 102 Å². The first-order valence-corrected chi connectivity index (χ1v) is 16.3. The van der Waals surface area contributed by atoms with Crippen molar-refractivity contribution < 1.29 is 23.1 Å². The van der Waals surface area contributed by atoms with Crippen LogP contribution >= 0.6 is 11.8 Å². The lowest BCUT2D eigenvalue weighted by Crippen LogP contribution is -2.54. The van der Waals surface area contributed by atoms with E-state index in [1.165, 1.54) is 11.8 Å². The van der Waals surface area contributed by atoms with Crippen LogP contribution in [-0.2, 0) is 27.7 Å². The number of carbonyl (C=O) groups is 2. The standard InChI is InChI=1S/C31H39N3O5S2/c1-31(2,3)33-29(36)25-18-12-11-15-23(25)20-28(35)26(19-22-13-7-5-8-14-22)32-30(37)27(34-41(4,38)39)21-40-24-16-9-6-10-17-24/h5-18,26-28,34-35H,19-21H2,1-4H3,(H,32,37)(H,33,36)/t26-,27+,28+/m0/s1. The van der Waals surface area contributed by atoms with Crippen LogP contribution in [0.5, 0.6) is 0 Å². The highest BCUT2D eigenvalue weighted by atomic mass is 32.2. The largest absolute Gasteiger partial charge is 0.391 e. The predicted octanol–water partition coefficient (Wildman–Crippen LogP) is 3.56. The number of thioether (sulfide) groups is 1. The van der Waals surface area contributed by atoms with Crippen LogP contribution in [0.3, 0.4) is 0 Å². The fourth-order valence-corrected chi connectivity index (χ4v) is 6.00. The number of benzene rings is 3. The Morgan fingerprint density at radius 3 is 2.07 bits per heavy atom. The van der Waals surface area contributed by atoms with Crippen LogP contribution in [0, 0.1) is 0 Å². The topological polar surface area (TPSA) is 125 Å². The lowest BCUT2D eigenvalue weighted by atomic mass is 9.93. The van der Waals surface area contributed by atoms with E-state index in [2.05, 4.69) is 15.4 Å². The van der Waals surface area contributed by atoms with Crippen LogP contribution in [-0.4, -0.2) is 61.1 Å². The lowest BCUT2D eigenvalue weighted by Gasteiger charge is -2.28. The molecule has 0 aliphatic carbocycles. The minimum Gasteiger partial charge on any atom is -0.391 e. The smallest absolute Gasteiger partial charge is 0.251 e. The number of sulfonamides is 1. The number of nitrogens with one attached hydrogen (secondary N) is 3. The van der Waals surface area contributed by atoms with Gasteiger partial charge in [0.05, 0.1) is 18.4 Å². The van der Waals surface area contributed by atoms with Crippen molar-refractivity contribution in [2.45, 2.75) is 62.2 Å². The molecule has 3 rings (SSSR count). The van der Waals surface area contributed by atoms with Crippen LogP contribution in [0.2, 0.25) is 0 Å². The zero-order valence-corrected chi connectivity index (χ0v) is 25.5. The van der Waals surface area contributed by atoms with Gasteiger partial charge in [0, 0.05) is 28.2 Å². The number of amides is 2. The summed E-state index contributed by atoms with van der Waals surface area (Å²) in [6.45, 7) is 5.68. The number of aliphatic hydroxyl groups is 1. The third-order valence-corrected chi connectivity index (χ3v) is 7.92. The molecule has 0 spiro atoms. The van der Waals surface area contributed by atoms with Crippen LogP contribution in [0.4, 0.5) is 0 Å². The van der Waals surface area contributed by atoms with Gasteiger partial charge in [-0.25, -0.2) is 13.1 Å². The molecule has 3 aromatic carbocycles. The molecule has 4 N–H and O–H groups in total. The van der Waals surface area contributed by atoms with E-state index in [-0.39, 0.29) is 18.1 Å². The van der Waals surface area contributed by atoms with Gasteiger partial charge in [0.1, 0.15) is 6.04 Å². The third kappa shape index (κ3) is 11.3. The normalized spacial score (nSPS) is 14.1. The monoisotopic (exact) mass is 597 g/mol. The van der Waals surface area contributed by atoms with Gasteiger partial charge in [0.25, 0.3) is 5.91 Å². The van der Waals surface area contributed by atoms with E-state index >= 15 is 0 Å². The Bertz CT molecular complexity index is 1390. The first-order valence-electron chi connectivity index (χ1n) is 13.4. The number of aliphatic hydroxyl groups excluding tert-OH is 1. The summed E-state index contributed by atoms with van der Waals surface area (Å²) < 4.78 is 26.7. The second-order valence-corrected chi connectivity index (χ2v) is 13.9. The minimum absolute atomic E-state index is 0.106. The number of carbonyl (C=O) groups excluding carboxylic acids is 2. The van der Waals surface area contributed by atoms with Crippen LogP contribution in [0.25, 0.3) is 0 Å². The zero-order valence-electron chi connectivity index (χ0n) is 23.8. The molecule has 0 bridgehead atoms. The molecule has 0 aromatic heterocycles. The number of hydrogen-bond donors (Lipinski definition) is 4. The highest BCUT2D eigenvalue weighted by Crippen LogP contribution is 2.20. The Balaban J connectivity index is 1.84. The summed E-state index contributed by atoms with van der Waals surface area (Å²) in [7, 11) is -3.70. The van der Waals surface area contributed by atoms with Crippen molar-refractivity contribution in [2.24, 2.45) is 0 Å². The maximum Gasteiger partial charge on any atom is 0.251 e. The quantitative estimate of drug-likeness (QED) is 0.224. The third-order valence-electron chi connectivity index (χ3n) is 6.10. The summed E-state index contributed by atoms with van der Waals surface area (Å²) in [5, 5.41) is 17.3. The Morgan fingerprint density at radius 2 is 1.46 bits per heavy atom. The molecule has 10 heteroatoms. The highest BCUT2D eigenvalue weighted by Gasteiger charge is 2.29. The van der Waals surface area contributed by atoms with Gasteiger partial charge in [-0.1, -0.05) is 66.7 Å². The Morgan fingerprint density at radius 1 is 0.878 bits per heavy atom. The van der Waals surface area contributed by atoms with Crippen molar-refractivity contribution in [2.75, 3.05) is 12.0 Å². The lowest BCUT2D eigenvalue weighted by molar-refractivity contribution is -0.123. The molecule has 8 nitrogen and oxygen atoms in total. The van der Waals surface area contributed by atoms with E-state index < -0.39 is 39.7 Å². The van der Waals surface area contributed by atoms with Crippen molar-refractivity contribution >= 4 is 33.6 Å². The fraction of sp³-hybridized carbons (Fsp3) is 0.355. The van der Waals surface area contributed by atoms with Crippen LogP contribution in [0.1, 0.15) is 42.3 Å². The van der Waals surface area contributed by atoms with Crippen molar-refractivity contribution in [1.82, 2.24) is 15.4 Å². The van der Waals surface area contributed by atoms with Crippen molar-refractivity contribution in [3.63, 3.8) is 0 Å². The SMILES string of the molecule is CC(C)(C)NC(=O)c1ccccc1C[C@@H](O)[C@H](Cc1ccccc1)NC(=O)[C@@H](CSc1ccccc1)NS(C)(=O)=O. The molecule has 0 aliphatic heterocycles. The molecule has 0 saturated heterocycles. The van der Waals surface area contributed by atoms with E-state index in [0.29, 0.717) is 17.5 Å². The van der Waals surface area contributed by atoms with Gasteiger partial charge in [0.2, 0.25) is 15.9 Å². The summed E-state index contributed by atoms with van der Waals surface area (Å²) in [4.78, 5) is 27.4. The molecule has 0 saturated carbocycles. The zero-order chi connectivity index (χ0) is 30.0. The van der Waals surface area contributed by atoms with Crippen molar-refractivity contribution in [3.8, 4) is 0 Å². The van der Waals surface area contributed by atoms with E-state index in [0.717, 1.165) is 16.7 Å². The van der Waals surface area contributed by atoms with Crippen LogP contribution in [0.15, 0.2) is 89.8 Å². The molecule has 0 aliphatic rings. The maximum absolute atomic E-state index is 13.5. The average Bonchev–Trinajstić information content (AvgIpc) is 2.90. The fourth-order valence-electron chi connectivity index (χ4n) is 4.25. The molecule has 0 unspecified atom stereocenters. The highest BCUT2D eigenvalue weighted by molar-refractivity contribution is 7.99. The molecule has 0 radical (unpaired) electrons. The van der Waals surface area contributed by atoms with Gasteiger partial charge in [-0.3, -0.25) is 9.59 Å². The van der Waals surface area contributed by atoms with E-state index in [9.17, 15) is 23.1 Å². The average molecular weight is 598 g/mol. The van der Waals surface area contributed by atoms with E-state index in [4.69, 9.17) is 0 Å². The maximum atomic E-state index is 13.5. The molecular formula is C31H39N3O5S2. The Kier molecular flexibility index (Phi) is 11.5. The van der Waals surface area contributed by atoms with Gasteiger partial charge < -0.3 is 15.7 Å². The van der Waals surface area contributed by atoms with Crippen molar-refractivity contribution in [1.29, 1.82) is 0 Å². The Hall–Kier alpha value is -3.18. The van der Waals surface area contributed by atoms with Gasteiger partial charge in [-0.2, -0.15) is 0 Å². The van der Waals surface area contributed by atoms with Gasteiger partial charge >= 0.3 is 0 Å². The minimum atomic E-state index is -3.70. The number of rotatable bonds is 13. The Labute approximate surface area is 247 Å².